The molecule has 2 rings (SSSR count). The van der Waals surface area contributed by atoms with Crippen molar-refractivity contribution in [1.82, 2.24) is 15.1 Å². The van der Waals surface area contributed by atoms with Crippen LogP contribution in [-0.4, -0.2) is 68.2 Å². The van der Waals surface area contributed by atoms with Gasteiger partial charge in [-0.25, -0.2) is 0 Å². The molecular weight excluding hydrogens is 188 g/mol. The van der Waals surface area contributed by atoms with Crippen LogP contribution < -0.4 is 11.1 Å². The smallest absolute Gasteiger partial charge is 0.0372 e. The van der Waals surface area contributed by atoms with Crippen LogP contribution in [0.15, 0.2) is 0 Å². The second-order valence-electron chi connectivity index (χ2n) is 4.85. The van der Waals surface area contributed by atoms with Gasteiger partial charge in [-0.3, -0.25) is 4.90 Å². The fraction of sp³-hybridized carbons (Fsp3) is 1.00. The van der Waals surface area contributed by atoms with Gasteiger partial charge in [0.15, 0.2) is 0 Å². The third-order valence-corrected chi connectivity index (χ3v) is 3.81. The molecule has 0 aliphatic carbocycles. The molecule has 0 aromatic rings. The van der Waals surface area contributed by atoms with Gasteiger partial charge in [0.25, 0.3) is 0 Å². The van der Waals surface area contributed by atoms with Crippen molar-refractivity contribution in [2.75, 3.05) is 46.3 Å². The molecule has 0 bridgehead atoms. The summed E-state index contributed by atoms with van der Waals surface area (Å²) in [6, 6.07) is 1.19. The first kappa shape index (κ1) is 11.3. The average Bonchev–Trinajstić information content (AvgIpc) is 2.75. The Bertz CT molecular complexity index is 183. The van der Waals surface area contributed by atoms with Crippen molar-refractivity contribution in [3.05, 3.63) is 0 Å². The molecule has 0 spiro atoms. The molecule has 4 nitrogen and oxygen atoms in total. The predicted molar refractivity (Wildman–Crippen MR) is 62.9 cm³/mol. The van der Waals surface area contributed by atoms with Crippen molar-refractivity contribution in [1.29, 1.82) is 0 Å². The Labute approximate surface area is 92.8 Å². The molecule has 2 aliphatic heterocycles. The van der Waals surface area contributed by atoms with Crippen molar-refractivity contribution in [2.45, 2.75) is 24.9 Å². The Kier molecular flexibility index (Phi) is 3.97. The summed E-state index contributed by atoms with van der Waals surface area (Å²) in [4.78, 5) is 4.97. The molecule has 0 aromatic carbocycles. The summed E-state index contributed by atoms with van der Waals surface area (Å²) >= 11 is 0. The zero-order chi connectivity index (χ0) is 10.7. The van der Waals surface area contributed by atoms with Gasteiger partial charge in [0, 0.05) is 44.8 Å². The highest BCUT2D eigenvalue weighted by molar-refractivity contribution is 4.90. The zero-order valence-electron chi connectivity index (χ0n) is 9.78. The third kappa shape index (κ3) is 2.69. The van der Waals surface area contributed by atoms with E-state index in [1.54, 1.807) is 0 Å². The van der Waals surface area contributed by atoms with E-state index in [4.69, 9.17) is 5.73 Å². The third-order valence-electron chi connectivity index (χ3n) is 3.81. The Morgan fingerprint density at radius 3 is 2.60 bits per heavy atom. The minimum absolute atomic E-state index is 0.557. The lowest BCUT2D eigenvalue weighted by atomic mass is 10.0. The van der Waals surface area contributed by atoms with Gasteiger partial charge in [-0.15, -0.1) is 0 Å². The van der Waals surface area contributed by atoms with E-state index in [1.807, 2.05) is 0 Å². The van der Waals surface area contributed by atoms with Crippen LogP contribution in [0.2, 0.25) is 0 Å². The maximum atomic E-state index is 5.92. The summed E-state index contributed by atoms with van der Waals surface area (Å²) in [6.07, 6.45) is 2.61. The molecule has 2 saturated heterocycles. The Morgan fingerprint density at radius 2 is 2.07 bits per heavy atom. The van der Waals surface area contributed by atoms with Crippen molar-refractivity contribution in [2.24, 2.45) is 5.73 Å². The van der Waals surface area contributed by atoms with Crippen LogP contribution in [0, 0.1) is 0 Å². The van der Waals surface area contributed by atoms with E-state index in [2.05, 4.69) is 22.2 Å². The van der Waals surface area contributed by atoms with Gasteiger partial charge < -0.3 is 16.0 Å². The fourth-order valence-corrected chi connectivity index (χ4v) is 2.76. The summed E-state index contributed by atoms with van der Waals surface area (Å²) < 4.78 is 0. The van der Waals surface area contributed by atoms with Crippen LogP contribution in [0.3, 0.4) is 0 Å². The lowest BCUT2D eigenvalue weighted by Gasteiger charge is -2.40. The molecule has 4 heteroatoms. The van der Waals surface area contributed by atoms with Crippen LogP contribution in [0.25, 0.3) is 0 Å². The molecule has 0 radical (unpaired) electrons. The Hall–Kier alpha value is -0.160. The lowest BCUT2D eigenvalue weighted by Crippen LogP contribution is -2.57. The zero-order valence-corrected chi connectivity index (χ0v) is 9.78. The molecule has 15 heavy (non-hydrogen) atoms. The number of rotatable bonds is 3. The molecule has 0 saturated carbocycles. The maximum absolute atomic E-state index is 5.92. The fourth-order valence-electron chi connectivity index (χ4n) is 2.76. The number of hydrogen-bond acceptors (Lipinski definition) is 4. The Balaban J connectivity index is 1.88. The largest absolute Gasteiger partial charge is 0.329 e. The second-order valence-corrected chi connectivity index (χ2v) is 4.85. The average molecular weight is 212 g/mol. The van der Waals surface area contributed by atoms with Gasteiger partial charge in [0.1, 0.15) is 0 Å². The van der Waals surface area contributed by atoms with Gasteiger partial charge in [-0.1, -0.05) is 0 Å². The van der Waals surface area contributed by atoms with E-state index in [1.165, 1.54) is 45.6 Å². The topological polar surface area (TPSA) is 44.5 Å². The number of likely N-dealkylation sites (N-methyl/N-ethyl adjacent to an activating group) is 1. The highest BCUT2D eigenvalue weighted by atomic mass is 15.3. The first-order valence-corrected chi connectivity index (χ1v) is 6.17. The maximum Gasteiger partial charge on any atom is 0.0372 e. The van der Waals surface area contributed by atoms with Gasteiger partial charge in [0.05, 0.1) is 0 Å². The normalized spacial score (nSPS) is 32.0. The highest BCUT2D eigenvalue weighted by Gasteiger charge is 2.29. The van der Waals surface area contributed by atoms with E-state index < -0.39 is 0 Å². The molecule has 2 fully saturated rings. The SMILES string of the molecule is CN1CCN(C(CN)C2CCCN2)CC1. The summed E-state index contributed by atoms with van der Waals surface area (Å²) in [5.41, 5.74) is 5.92. The van der Waals surface area contributed by atoms with Gasteiger partial charge in [-0.2, -0.15) is 0 Å². The second kappa shape index (κ2) is 5.25. The van der Waals surface area contributed by atoms with Crippen LogP contribution >= 0.6 is 0 Å². The molecule has 3 N–H and O–H groups in total. The molecule has 2 unspecified atom stereocenters. The summed E-state index contributed by atoms with van der Waals surface area (Å²) in [5.74, 6) is 0. The van der Waals surface area contributed by atoms with E-state index >= 15 is 0 Å². The van der Waals surface area contributed by atoms with E-state index in [9.17, 15) is 0 Å². The first-order valence-electron chi connectivity index (χ1n) is 6.17. The molecule has 0 aromatic heterocycles. The summed E-state index contributed by atoms with van der Waals surface area (Å²) in [6.45, 7) is 6.69. The van der Waals surface area contributed by atoms with Crippen LogP contribution in [0.1, 0.15) is 12.8 Å². The molecule has 2 heterocycles. The minimum atomic E-state index is 0.557. The first-order chi connectivity index (χ1) is 7.31. The van der Waals surface area contributed by atoms with E-state index in [0.717, 1.165) is 6.54 Å². The van der Waals surface area contributed by atoms with Crippen LogP contribution in [0.5, 0.6) is 0 Å². The van der Waals surface area contributed by atoms with Gasteiger partial charge in [0.2, 0.25) is 0 Å². The molecule has 2 atom stereocenters. The van der Waals surface area contributed by atoms with E-state index in [0.29, 0.717) is 12.1 Å². The van der Waals surface area contributed by atoms with Gasteiger partial charge in [-0.05, 0) is 26.4 Å². The molecule has 2 aliphatic rings. The number of hydrogen-bond donors (Lipinski definition) is 2. The summed E-state index contributed by atoms with van der Waals surface area (Å²) in [7, 11) is 2.20. The Morgan fingerprint density at radius 1 is 1.33 bits per heavy atom. The van der Waals surface area contributed by atoms with Crippen molar-refractivity contribution in [3.8, 4) is 0 Å². The van der Waals surface area contributed by atoms with Gasteiger partial charge >= 0.3 is 0 Å². The predicted octanol–water partition coefficient (Wildman–Crippen LogP) is -0.687. The number of nitrogens with two attached hydrogens (primary N) is 1. The number of nitrogens with zero attached hydrogens (tertiary/aromatic N) is 2. The number of nitrogens with one attached hydrogen (secondary N) is 1. The lowest BCUT2D eigenvalue weighted by molar-refractivity contribution is 0.0977. The monoisotopic (exact) mass is 212 g/mol. The molecule has 0 amide bonds. The van der Waals surface area contributed by atoms with Crippen LogP contribution in [0.4, 0.5) is 0 Å². The quantitative estimate of drug-likeness (QED) is 0.650. The van der Waals surface area contributed by atoms with Crippen LogP contribution in [-0.2, 0) is 0 Å². The molecule has 88 valence electrons. The van der Waals surface area contributed by atoms with Crippen molar-refractivity contribution < 1.29 is 0 Å². The highest BCUT2D eigenvalue weighted by Crippen LogP contribution is 2.15. The van der Waals surface area contributed by atoms with Crippen molar-refractivity contribution in [3.63, 3.8) is 0 Å². The molecular formula is C11H24N4. The number of piperazine rings is 1. The van der Waals surface area contributed by atoms with E-state index in [-0.39, 0.29) is 0 Å². The summed E-state index contributed by atoms with van der Waals surface area (Å²) in [5, 5.41) is 3.58. The minimum Gasteiger partial charge on any atom is -0.329 e. The van der Waals surface area contributed by atoms with Crippen molar-refractivity contribution >= 4 is 0 Å². The standard InChI is InChI=1S/C11H24N4/c1-14-5-7-15(8-6-14)11(9-12)10-3-2-4-13-10/h10-11,13H,2-9,12H2,1H3.